The number of nitrogens with one attached hydrogen (secondary N) is 2. The Balaban J connectivity index is 1.66. The smallest absolute Gasteiger partial charge is 0.225 e. The number of ether oxygens (including phenoxy) is 2. The van der Waals surface area contributed by atoms with Crippen molar-refractivity contribution in [1.29, 1.82) is 0 Å². The normalized spacial score (nSPS) is 13.9. The fourth-order valence-electron chi connectivity index (χ4n) is 3.65. The number of anilines is 3. The van der Waals surface area contributed by atoms with Gasteiger partial charge in [-0.1, -0.05) is 43.2 Å². The van der Waals surface area contributed by atoms with E-state index in [4.69, 9.17) is 19.4 Å². The molecule has 6 nitrogen and oxygen atoms in total. The number of benzene rings is 2. The van der Waals surface area contributed by atoms with Crippen molar-refractivity contribution in [3.05, 3.63) is 54.6 Å². The second-order valence-electron chi connectivity index (χ2n) is 7.15. The third kappa shape index (κ3) is 4.59. The van der Waals surface area contributed by atoms with Gasteiger partial charge >= 0.3 is 0 Å². The zero-order valence-corrected chi connectivity index (χ0v) is 16.8. The molecule has 1 fully saturated rings. The summed E-state index contributed by atoms with van der Waals surface area (Å²) in [6.07, 6.45) is 4.84. The molecule has 0 bridgehead atoms. The highest BCUT2D eigenvalue weighted by Crippen LogP contribution is 2.32. The van der Waals surface area contributed by atoms with Crippen LogP contribution in [0.15, 0.2) is 54.6 Å². The summed E-state index contributed by atoms with van der Waals surface area (Å²) < 4.78 is 10.7. The minimum atomic E-state index is 0.440. The Kier molecular flexibility index (Phi) is 5.79. The molecule has 0 atom stereocenters. The van der Waals surface area contributed by atoms with Crippen molar-refractivity contribution in [2.75, 3.05) is 24.9 Å². The predicted molar refractivity (Wildman–Crippen MR) is 116 cm³/mol. The maximum Gasteiger partial charge on any atom is 0.225 e. The molecule has 2 aromatic carbocycles. The SMILES string of the molecule is COc1ccc(Nc2cc(-c3ccccc3)nc(NC3CCCC3)n2)cc1OC. The molecular formula is C23H26N4O2. The van der Waals surface area contributed by atoms with Crippen LogP contribution in [0.2, 0.25) is 0 Å². The molecule has 1 aliphatic rings. The van der Waals surface area contributed by atoms with Gasteiger partial charge in [0.25, 0.3) is 0 Å². The summed E-state index contributed by atoms with van der Waals surface area (Å²) in [5.41, 5.74) is 2.80. The Morgan fingerprint density at radius 1 is 0.862 bits per heavy atom. The van der Waals surface area contributed by atoms with E-state index in [-0.39, 0.29) is 0 Å². The van der Waals surface area contributed by atoms with Gasteiger partial charge in [0.2, 0.25) is 5.95 Å². The first kappa shape index (κ1) is 19.1. The van der Waals surface area contributed by atoms with E-state index in [1.165, 1.54) is 12.8 Å². The molecule has 3 aromatic rings. The monoisotopic (exact) mass is 390 g/mol. The fourth-order valence-corrected chi connectivity index (χ4v) is 3.65. The summed E-state index contributed by atoms with van der Waals surface area (Å²) in [6.45, 7) is 0. The molecule has 0 unspecified atom stereocenters. The summed E-state index contributed by atoms with van der Waals surface area (Å²) in [4.78, 5) is 9.47. The number of nitrogens with zero attached hydrogens (tertiary/aromatic N) is 2. The third-order valence-electron chi connectivity index (χ3n) is 5.14. The lowest BCUT2D eigenvalue weighted by Gasteiger charge is -2.15. The van der Waals surface area contributed by atoms with Gasteiger partial charge in [-0.3, -0.25) is 0 Å². The van der Waals surface area contributed by atoms with Crippen molar-refractivity contribution in [3.8, 4) is 22.8 Å². The summed E-state index contributed by atoms with van der Waals surface area (Å²) in [6, 6.07) is 18.3. The summed E-state index contributed by atoms with van der Waals surface area (Å²) in [7, 11) is 3.26. The molecule has 6 heteroatoms. The first-order valence-corrected chi connectivity index (χ1v) is 9.95. The standard InChI is InChI=1S/C23H26N4O2/c1-28-20-13-12-18(14-21(20)29-2)24-22-15-19(16-8-4-3-5-9-16)26-23(27-22)25-17-10-6-7-11-17/h3-5,8-9,12-15,17H,6-7,10-11H2,1-2H3,(H2,24,25,26,27). The van der Waals surface area contributed by atoms with E-state index >= 15 is 0 Å². The van der Waals surface area contributed by atoms with Crippen molar-refractivity contribution in [3.63, 3.8) is 0 Å². The molecule has 0 amide bonds. The Labute approximate surface area is 171 Å². The van der Waals surface area contributed by atoms with Crippen LogP contribution < -0.4 is 20.1 Å². The minimum absolute atomic E-state index is 0.440. The Bertz CT molecular complexity index is 956. The van der Waals surface area contributed by atoms with Gasteiger partial charge in [-0.05, 0) is 25.0 Å². The molecule has 0 radical (unpaired) electrons. The van der Waals surface area contributed by atoms with Crippen LogP contribution in [0.4, 0.5) is 17.5 Å². The molecule has 1 aliphatic carbocycles. The third-order valence-corrected chi connectivity index (χ3v) is 5.14. The van der Waals surface area contributed by atoms with Crippen LogP contribution in [-0.2, 0) is 0 Å². The lowest BCUT2D eigenvalue weighted by molar-refractivity contribution is 0.355. The van der Waals surface area contributed by atoms with E-state index in [9.17, 15) is 0 Å². The fraction of sp³-hybridized carbons (Fsp3) is 0.304. The van der Waals surface area contributed by atoms with Crippen molar-refractivity contribution in [2.45, 2.75) is 31.7 Å². The van der Waals surface area contributed by atoms with Gasteiger partial charge in [-0.2, -0.15) is 4.98 Å². The van der Waals surface area contributed by atoms with E-state index < -0.39 is 0 Å². The summed E-state index contributed by atoms with van der Waals surface area (Å²) >= 11 is 0. The van der Waals surface area contributed by atoms with Crippen LogP contribution >= 0.6 is 0 Å². The lowest BCUT2D eigenvalue weighted by atomic mass is 10.1. The van der Waals surface area contributed by atoms with E-state index in [1.807, 2.05) is 42.5 Å². The number of hydrogen-bond donors (Lipinski definition) is 2. The van der Waals surface area contributed by atoms with Crippen LogP contribution in [0.5, 0.6) is 11.5 Å². The van der Waals surface area contributed by atoms with E-state index in [1.54, 1.807) is 14.2 Å². The zero-order chi connectivity index (χ0) is 20.1. The number of rotatable bonds is 7. The molecule has 0 saturated heterocycles. The molecule has 0 spiro atoms. The first-order valence-electron chi connectivity index (χ1n) is 9.95. The molecule has 4 rings (SSSR count). The Morgan fingerprint density at radius 3 is 2.34 bits per heavy atom. The quantitative estimate of drug-likeness (QED) is 0.574. The molecule has 1 aromatic heterocycles. The first-order chi connectivity index (χ1) is 14.2. The zero-order valence-electron chi connectivity index (χ0n) is 16.8. The Morgan fingerprint density at radius 2 is 1.62 bits per heavy atom. The molecule has 0 aliphatic heterocycles. The lowest BCUT2D eigenvalue weighted by Crippen LogP contribution is -2.17. The highest BCUT2D eigenvalue weighted by Gasteiger charge is 2.17. The van der Waals surface area contributed by atoms with E-state index in [0.717, 1.165) is 35.6 Å². The molecule has 29 heavy (non-hydrogen) atoms. The van der Waals surface area contributed by atoms with Gasteiger partial charge in [0.1, 0.15) is 5.82 Å². The predicted octanol–water partition coefficient (Wildman–Crippen LogP) is 5.26. The van der Waals surface area contributed by atoms with Gasteiger partial charge in [-0.25, -0.2) is 4.98 Å². The minimum Gasteiger partial charge on any atom is -0.493 e. The van der Waals surface area contributed by atoms with Crippen molar-refractivity contribution < 1.29 is 9.47 Å². The van der Waals surface area contributed by atoms with Crippen LogP contribution in [0.1, 0.15) is 25.7 Å². The number of aromatic nitrogens is 2. The Hall–Kier alpha value is -3.28. The van der Waals surface area contributed by atoms with Crippen molar-refractivity contribution in [2.24, 2.45) is 0 Å². The number of methoxy groups -OCH3 is 2. The van der Waals surface area contributed by atoms with E-state index in [2.05, 4.69) is 22.8 Å². The van der Waals surface area contributed by atoms with Gasteiger partial charge in [-0.15, -0.1) is 0 Å². The van der Waals surface area contributed by atoms with Crippen LogP contribution in [0.25, 0.3) is 11.3 Å². The second-order valence-corrected chi connectivity index (χ2v) is 7.15. The molecule has 1 saturated carbocycles. The van der Waals surface area contributed by atoms with Crippen LogP contribution in [-0.4, -0.2) is 30.2 Å². The average molecular weight is 390 g/mol. The molecular weight excluding hydrogens is 364 g/mol. The second kappa shape index (κ2) is 8.82. The van der Waals surface area contributed by atoms with Crippen LogP contribution in [0, 0.1) is 0 Å². The van der Waals surface area contributed by atoms with E-state index in [0.29, 0.717) is 23.5 Å². The maximum absolute atomic E-state index is 5.41. The molecule has 150 valence electrons. The largest absolute Gasteiger partial charge is 0.493 e. The van der Waals surface area contributed by atoms with Crippen molar-refractivity contribution >= 4 is 17.5 Å². The number of hydrogen-bond acceptors (Lipinski definition) is 6. The highest BCUT2D eigenvalue weighted by atomic mass is 16.5. The van der Waals surface area contributed by atoms with Gasteiger partial charge in [0.05, 0.1) is 19.9 Å². The van der Waals surface area contributed by atoms with Gasteiger partial charge < -0.3 is 20.1 Å². The van der Waals surface area contributed by atoms with Gasteiger partial charge in [0.15, 0.2) is 11.5 Å². The highest BCUT2D eigenvalue weighted by molar-refractivity contribution is 5.68. The molecule has 1 heterocycles. The van der Waals surface area contributed by atoms with Crippen molar-refractivity contribution in [1.82, 2.24) is 9.97 Å². The summed E-state index contributed by atoms with van der Waals surface area (Å²) in [5.74, 6) is 2.74. The maximum atomic E-state index is 5.41. The summed E-state index contributed by atoms with van der Waals surface area (Å²) in [5, 5.41) is 6.89. The topological polar surface area (TPSA) is 68.3 Å². The van der Waals surface area contributed by atoms with Gasteiger partial charge in [0, 0.05) is 29.4 Å². The molecule has 2 N–H and O–H groups in total. The van der Waals surface area contributed by atoms with Crippen LogP contribution in [0.3, 0.4) is 0 Å². The average Bonchev–Trinajstić information content (AvgIpc) is 3.27.